The van der Waals surface area contributed by atoms with Crippen LogP contribution in [0.25, 0.3) is 0 Å². The average molecular weight is 252 g/mol. The molecule has 0 unspecified atom stereocenters. The Kier molecular flexibility index (Phi) is 3.33. The zero-order valence-corrected chi connectivity index (χ0v) is 9.45. The number of hydrazine groups is 1. The number of nitrogen functional groups attached to an aromatic ring is 1. The van der Waals surface area contributed by atoms with E-state index in [1.165, 1.54) is 12.4 Å². The van der Waals surface area contributed by atoms with Crippen molar-refractivity contribution < 1.29 is 13.5 Å². The Morgan fingerprint density at radius 2 is 2.06 bits per heavy atom. The fourth-order valence-corrected chi connectivity index (χ4v) is 1.34. The Bertz CT molecular complexity index is 577. The molecule has 0 atom stereocenters. The largest absolute Gasteiger partial charge is 0.435 e. The quantitative estimate of drug-likeness (QED) is 0.646. The van der Waals surface area contributed by atoms with Crippen molar-refractivity contribution in [2.75, 3.05) is 5.43 Å². The van der Waals surface area contributed by atoms with Crippen LogP contribution >= 0.6 is 0 Å². The van der Waals surface area contributed by atoms with Gasteiger partial charge >= 0.3 is 0 Å². The molecule has 94 valence electrons. The van der Waals surface area contributed by atoms with E-state index in [9.17, 15) is 8.78 Å². The molecule has 18 heavy (non-hydrogen) atoms. The van der Waals surface area contributed by atoms with Crippen molar-refractivity contribution in [3.8, 4) is 11.6 Å². The minimum absolute atomic E-state index is 0.124. The third-order valence-corrected chi connectivity index (χ3v) is 2.28. The summed E-state index contributed by atoms with van der Waals surface area (Å²) in [5.41, 5.74) is 2.88. The normalized spacial score (nSPS) is 10.2. The van der Waals surface area contributed by atoms with Crippen molar-refractivity contribution >= 4 is 5.82 Å². The van der Waals surface area contributed by atoms with E-state index < -0.39 is 11.6 Å². The van der Waals surface area contributed by atoms with Crippen LogP contribution in [-0.2, 0) is 0 Å². The highest BCUT2D eigenvalue weighted by Crippen LogP contribution is 2.27. The molecule has 1 aromatic heterocycles. The maximum Gasteiger partial charge on any atom is 0.227 e. The summed E-state index contributed by atoms with van der Waals surface area (Å²) >= 11 is 0. The van der Waals surface area contributed by atoms with E-state index in [1.807, 2.05) is 0 Å². The van der Waals surface area contributed by atoms with Crippen LogP contribution in [0, 0.1) is 18.6 Å². The van der Waals surface area contributed by atoms with E-state index in [0.717, 1.165) is 12.1 Å². The van der Waals surface area contributed by atoms with Gasteiger partial charge in [-0.3, -0.25) is 0 Å². The number of nitrogens with zero attached hydrogens (tertiary/aromatic N) is 2. The average Bonchev–Trinajstić information content (AvgIpc) is 2.35. The van der Waals surface area contributed by atoms with Crippen molar-refractivity contribution in [3.05, 3.63) is 41.7 Å². The van der Waals surface area contributed by atoms with Crippen LogP contribution in [0.3, 0.4) is 0 Å². The molecule has 0 radical (unpaired) electrons. The fraction of sp³-hybridized carbons (Fsp3) is 0.0909. The summed E-state index contributed by atoms with van der Waals surface area (Å²) in [4.78, 5) is 7.71. The molecule has 0 spiro atoms. The van der Waals surface area contributed by atoms with Gasteiger partial charge in [-0.25, -0.2) is 24.6 Å². The number of anilines is 1. The van der Waals surface area contributed by atoms with Gasteiger partial charge in [0, 0.05) is 6.07 Å². The smallest absolute Gasteiger partial charge is 0.227 e. The van der Waals surface area contributed by atoms with Crippen LogP contribution in [0.15, 0.2) is 24.5 Å². The summed E-state index contributed by atoms with van der Waals surface area (Å²) in [5.74, 6) is 4.14. The van der Waals surface area contributed by atoms with Crippen molar-refractivity contribution in [3.63, 3.8) is 0 Å². The van der Waals surface area contributed by atoms with E-state index in [2.05, 4.69) is 15.4 Å². The van der Waals surface area contributed by atoms with Gasteiger partial charge < -0.3 is 10.2 Å². The zero-order valence-electron chi connectivity index (χ0n) is 9.45. The number of halogens is 2. The second-order valence-corrected chi connectivity index (χ2v) is 3.47. The lowest BCUT2D eigenvalue weighted by molar-refractivity contribution is 0.420. The van der Waals surface area contributed by atoms with Crippen molar-refractivity contribution in [2.24, 2.45) is 5.84 Å². The second kappa shape index (κ2) is 4.92. The van der Waals surface area contributed by atoms with E-state index in [0.29, 0.717) is 11.4 Å². The fourth-order valence-electron chi connectivity index (χ4n) is 1.34. The first-order chi connectivity index (χ1) is 8.61. The van der Waals surface area contributed by atoms with Gasteiger partial charge in [0.25, 0.3) is 0 Å². The maximum absolute atomic E-state index is 13.4. The number of nitrogens with one attached hydrogen (secondary N) is 1. The van der Waals surface area contributed by atoms with Gasteiger partial charge in [-0.05, 0) is 19.1 Å². The summed E-state index contributed by atoms with van der Waals surface area (Å²) < 4.78 is 31.4. The lowest BCUT2D eigenvalue weighted by Gasteiger charge is -2.10. The number of ether oxygens (including phenoxy) is 1. The molecule has 1 aromatic carbocycles. The molecule has 2 rings (SSSR count). The zero-order chi connectivity index (χ0) is 13.1. The molecule has 0 fully saturated rings. The topological polar surface area (TPSA) is 73.1 Å². The monoisotopic (exact) mass is 252 g/mol. The number of hydrogen-bond acceptors (Lipinski definition) is 5. The molecule has 0 saturated heterocycles. The number of nitrogens with two attached hydrogens (primary N) is 1. The molecule has 3 N–H and O–H groups in total. The first-order valence-corrected chi connectivity index (χ1v) is 5.03. The standard InChI is InChI=1S/C11H10F2N4O/c1-6-10(17-14)15-5-16-11(6)18-9-3-2-7(12)4-8(9)13/h2-5H,14H2,1H3,(H,15,16,17). The van der Waals surface area contributed by atoms with Crippen molar-refractivity contribution in [1.82, 2.24) is 9.97 Å². The highest BCUT2D eigenvalue weighted by Gasteiger charge is 2.11. The van der Waals surface area contributed by atoms with Crippen LogP contribution in [-0.4, -0.2) is 9.97 Å². The number of rotatable bonds is 3. The summed E-state index contributed by atoms with van der Waals surface area (Å²) in [6, 6.07) is 3.01. The third kappa shape index (κ3) is 2.35. The first kappa shape index (κ1) is 12.2. The van der Waals surface area contributed by atoms with E-state index in [4.69, 9.17) is 10.6 Å². The Labute approximate surface area is 102 Å². The van der Waals surface area contributed by atoms with Gasteiger partial charge in [0.2, 0.25) is 5.88 Å². The van der Waals surface area contributed by atoms with Crippen LogP contribution in [0.4, 0.5) is 14.6 Å². The van der Waals surface area contributed by atoms with Crippen LogP contribution in [0.5, 0.6) is 11.6 Å². The predicted octanol–water partition coefficient (Wildman–Crippen LogP) is 2.14. The van der Waals surface area contributed by atoms with Gasteiger partial charge in [0.05, 0.1) is 5.56 Å². The summed E-state index contributed by atoms with van der Waals surface area (Å²) in [6.07, 6.45) is 1.22. The maximum atomic E-state index is 13.4. The highest BCUT2D eigenvalue weighted by atomic mass is 19.1. The molecule has 0 aliphatic rings. The molecule has 2 aromatic rings. The lowest BCUT2D eigenvalue weighted by atomic mass is 10.3. The highest BCUT2D eigenvalue weighted by molar-refractivity contribution is 5.47. The number of hydrogen-bond donors (Lipinski definition) is 2. The summed E-state index contributed by atoms with van der Waals surface area (Å²) in [7, 11) is 0. The first-order valence-electron chi connectivity index (χ1n) is 5.03. The summed E-state index contributed by atoms with van der Waals surface area (Å²) in [5, 5.41) is 0. The molecule has 1 heterocycles. The Morgan fingerprint density at radius 1 is 1.28 bits per heavy atom. The molecule has 0 bridgehead atoms. The van der Waals surface area contributed by atoms with E-state index in [1.54, 1.807) is 6.92 Å². The molecule has 5 nitrogen and oxygen atoms in total. The Morgan fingerprint density at radius 3 is 2.72 bits per heavy atom. The molecule has 7 heteroatoms. The third-order valence-electron chi connectivity index (χ3n) is 2.28. The number of benzene rings is 1. The van der Waals surface area contributed by atoms with Gasteiger partial charge in [-0.2, -0.15) is 0 Å². The summed E-state index contributed by atoms with van der Waals surface area (Å²) in [6.45, 7) is 1.66. The van der Waals surface area contributed by atoms with Gasteiger partial charge in [-0.1, -0.05) is 0 Å². The van der Waals surface area contributed by atoms with Gasteiger partial charge in [0.1, 0.15) is 18.0 Å². The molecule has 0 aliphatic carbocycles. The lowest BCUT2D eigenvalue weighted by Crippen LogP contribution is -2.11. The van der Waals surface area contributed by atoms with Crippen LogP contribution in [0.1, 0.15) is 5.56 Å². The molecule has 0 aliphatic heterocycles. The van der Waals surface area contributed by atoms with Crippen molar-refractivity contribution in [1.29, 1.82) is 0 Å². The number of aromatic nitrogens is 2. The Hall–Kier alpha value is -2.28. The Balaban J connectivity index is 2.34. The molecular formula is C11H10F2N4O. The van der Waals surface area contributed by atoms with Crippen LogP contribution < -0.4 is 16.0 Å². The second-order valence-electron chi connectivity index (χ2n) is 3.47. The minimum atomic E-state index is -0.810. The van der Waals surface area contributed by atoms with E-state index >= 15 is 0 Å². The van der Waals surface area contributed by atoms with Crippen molar-refractivity contribution in [2.45, 2.75) is 6.92 Å². The van der Waals surface area contributed by atoms with Gasteiger partial charge in [0.15, 0.2) is 11.6 Å². The molecule has 0 amide bonds. The minimum Gasteiger partial charge on any atom is -0.435 e. The van der Waals surface area contributed by atoms with Gasteiger partial charge in [-0.15, -0.1) is 0 Å². The molecule has 0 saturated carbocycles. The SMILES string of the molecule is Cc1c(NN)ncnc1Oc1ccc(F)cc1F. The van der Waals surface area contributed by atoms with Crippen LogP contribution in [0.2, 0.25) is 0 Å². The van der Waals surface area contributed by atoms with E-state index in [-0.39, 0.29) is 11.6 Å². The predicted molar refractivity (Wildman–Crippen MR) is 61.0 cm³/mol. The molecular weight excluding hydrogens is 242 g/mol.